The normalized spacial score (nSPS) is 30.4. The first-order valence-electron chi connectivity index (χ1n) is 9.90. The Labute approximate surface area is 196 Å². The van der Waals surface area contributed by atoms with Gasteiger partial charge in [0.1, 0.15) is 30.0 Å². The number of ether oxygens (including phenoxy) is 1. The molecule has 2 aliphatic heterocycles. The topological polar surface area (TPSA) is 265 Å². The van der Waals surface area contributed by atoms with E-state index in [1.165, 1.54) is 17.9 Å². The van der Waals surface area contributed by atoms with Crippen LogP contribution in [-0.4, -0.2) is 80.5 Å². The van der Waals surface area contributed by atoms with E-state index in [4.69, 9.17) is 14.5 Å². The van der Waals surface area contributed by atoms with E-state index in [9.17, 15) is 33.7 Å². The van der Waals surface area contributed by atoms with Gasteiger partial charge in [-0.3, -0.25) is 4.52 Å². The molecule has 196 valence electrons. The van der Waals surface area contributed by atoms with E-state index in [0.717, 1.165) is 6.42 Å². The van der Waals surface area contributed by atoms with Gasteiger partial charge in [0, 0.05) is 6.54 Å². The second-order valence-corrected chi connectivity index (χ2v) is 12.3. The minimum Gasteiger partial charge on any atom is -0.387 e. The van der Waals surface area contributed by atoms with Gasteiger partial charge in [-0.1, -0.05) is 0 Å². The molecule has 18 nitrogen and oxygen atoms in total. The van der Waals surface area contributed by atoms with Crippen LogP contribution in [0.25, 0.3) is 11.0 Å². The lowest BCUT2D eigenvalue weighted by Crippen LogP contribution is -2.44. The SMILES string of the molecule is C[C@@]1(O)[C@H](O)[C@@H](COP(=O)(O)OP(=O)(O)OP(=O)(O)O)O[C@H]1n1nc2c3c(ncnc31)NCCC2. The quantitative estimate of drug-likeness (QED) is 0.201. The molecule has 1 fully saturated rings. The first-order valence-corrected chi connectivity index (χ1v) is 14.4. The first-order chi connectivity index (χ1) is 16.1. The van der Waals surface area contributed by atoms with Crippen molar-refractivity contribution >= 4 is 40.3 Å². The largest absolute Gasteiger partial charge is 0.490 e. The number of aliphatic hydroxyl groups is 2. The monoisotopic (exact) mass is 561 g/mol. The van der Waals surface area contributed by atoms with Crippen molar-refractivity contribution in [2.75, 3.05) is 18.5 Å². The lowest BCUT2D eigenvalue weighted by molar-refractivity contribution is -0.100. The van der Waals surface area contributed by atoms with Crippen LogP contribution in [-0.2, 0) is 38.0 Å². The number of aliphatic hydroxyl groups excluding tert-OH is 1. The van der Waals surface area contributed by atoms with Gasteiger partial charge in [0.15, 0.2) is 11.9 Å². The average Bonchev–Trinajstić information content (AvgIpc) is 3.06. The number of nitrogens with one attached hydrogen (secondary N) is 1. The Hall–Kier alpha value is -1.36. The molecule has 35 heavy (non-hydrogen) atoms. The maximum absolute atomic E-state index is 12.0. The first kappa shape index (κ1) is 26.7. The summed E-state index contributed by atoms with van der Waals surface area (Å²) in [5, 5.41) is 29.8. The molecule has 0 bridgehead atoms. The van der Waals surface area contributed by atoms with Crippen molar-refractivity contribution in [1.82, 2.24) is 19.7 Å². The van der Waals surface area contributed by atoms with Gasteiger partial charge in [-0.25, -0.2) is 28.3 Å². The molecular formula is C14H22N5O13P3. The molecule has 2 aromatic heterocycles. The number of rotatable bonds is 8. The molecule has 21 heteroatoms. The molecule has 2 aliphatic rings. The van der Waals surface area contributed by atoms with E-state index >= 15 is 0 Å². The molecule has 2 unspecified atom stereocenters. The van der Waals surface area contributed by atoms with Gasteiger partial charge in [-0.15, -0.1) is 0 Å². The van der Waals surface area contributed by atoms with Crippen LogP contribution in [0.5, 0.6) is 0 Å². The van der Waals surface area contributed by atoms with Crippen LogP contribution in [0.1, 0.15) is 25.3 Å². The zero-order chi connectivity index (χ0) is 25.8. The molecule has 1 saturated heterocycles. The summed E-state index contributed by atoms with van der Waals surface area (Å²) < 4.78 is 52.9. The Morgan fingerprint density at radius 3 is 2.60 bits per heavy atom. The van der Waals surface area contributed by atoms with Crippen LogP contribution in [0.2, 0.25) is 0 Å². The standard InChI is InChI=1S/C14H22N5O13P3/c1-14(21)10(20)8(5-29-34(25,26)32-35(27,28)31-33(22,23)24)30-13(14)19-12-9-7(18-19)3-2-4-15-11(9)16-6-17-12/h6,8,10,13,20-21H,2-5H2,1H3,(H,25,26)(H,27,28)(H,15,16,17)(H2,22,23,24)/t8-,10-,13-,14-/m1/s1. The Morgan fingerprint density at radius 2 is 1.91 bits per heavy atom. The molecule has 6 atom stereocenters. The molecule has 0 spiro atoms. The van der Waals surface area contributed by atoms with Crippen molar-refractivity contribution < 1.29 is 61.4 Å². The van der Waals surface area contributed by atoms with Crippen molar-refractivity contribution in [3.05, 3.63) is 12.0 Å². The third kappa shape index (κ3) is 5.65. The summed E-state index contributed by atoms with van der Waals surface area (Å²) in [7, 11) is -16.7. The van der Waals surface area contributed by atoms with Crippen LogP contribution in [0.3, 0.4) is 0 Å². The number of phosphoric ester groups is 1. The van der Waals surface area contributed by atoms with Crippen molar-refractivity contribution in [3.63, 3.8) is 0 Å². The Bertz CT molecular complexity index is 1260. The highest BCUT2D eigenvalue weighted by Gasteiger charge is 2.55. The molecule has 4 heterocycles. The number of phosphoric acid groups is 3. The number of nitrogens with zero attached hydrogens (tertiary/aromatic N) is 4. The van der Waals surface area contributed by atoms with Gasteiger partial charge in [0.05, 0.1) is 17.7 Å². The van der Waals surface area contributed by atoms with Crippen molar-refractivity contribution in [1.29, 1.82) is 0 Å². The summed E-state index contributed by atoms with van der Waals surface area (Å²) in [5.41, 5.74) is -1.08. The fraction of sp³-hybridized carbons (Fsp3) is 0.643. The van der Waals surface area contributed by atoms with E-state index in [1.54, 1.807) is 0 Å². The Kier molecular flexibility index (Phi) is 7.01. The van der Waals surface area contributed by atoms with Gasteiger partial charge in [-0.05, 0) is 19.8 Å². The van der Waals surface area contributed by atoms with Gasteiger partial charge >= 0.3 is 23.5 Å². The van der Waals surface area contributed by atoms with E-state index in [1.807, 2.05) is 0 Å². The number of aromatic nitrogens is 4. The second-order valence-electron chi connectivity index (χ2n) is 7.93. The van der Waals surface area contributed by atoms with E-state index in [2.05, 4.69) is 33.5 Å². The summed E-state index contributed by atoms with van der Waals surface area (Å²) in [6, 6.07) is 0. The molecule has 0 amide bonds. The smallest absolute Gasteiger partial charge is 0.387 e. The third-order valence-corrected chi connectivity index (χ3v) is 9.04. The zero-order valence-corrected chi connectivity index (χ0v) is 20.5. The van der Waals surface area contributed by atoms with E-state index in [0.29, 0.717) is 35.5 Å². The van der Waals surface area contributed by atoms with E-state index in [-0.39, 0.29) is 0 Å². The van der Waals surface area contributed by atoms with Crippen LogP contribution in [0.4, 0.5) is 5.82 Å². The predicted octanol–water partition coefficient (Wildman–Crippen LogP) is -0.463. The van der Waals surface area contributed by atoms with Crippen LogP contribution >= 0.6 is 23.5 Å². The predicted molar refractivity (Wildman–Crippen MR) is 112 cm³/mol. The Balaban J connectivity index is 1.53. The molecule has 0 aliphatic carbocycles. The van der Waals surface area contributed by atoms with Crippen LogP contribution < -0.4 is 5.32 Å². The average molecular weight is 561 g/mol. The summed E-state index contributed by atoms with van der Waals surface area (Å²) in [5.74, 6) is 0.538. The molecule has 0 saturated carbocycles. The number of anilines is 1. The lowest BCUT2D eigenvalue weighted by Gasteiger charge is -2.26. The summed E-state index contributed by atoms with van der Waals surface area (Å²) in [4.78, 5) is 44.4. The Morgan fingerprint density at radius 1 is 1.20 bits per heavy atom. The summed E-state index contributed by atoms with van der Waals surface area (Å²) in [6.45, 7) is 0.944. The molecule has 2 aromatic rings. The van der Waals surface area contributed by atoms with Crippen molar-refractivity contribution in [3.8, 4) is 0 Å². The number of hydrogen-bond acceptors (Lipinski definition) is 13. The van der Waals surface area contributed by atoms with Gasteiger partial charge in [-0.2, -0.15) is 13.7 Å². The van der Waals surface area contributed by atoms with Crippen LogP contribution in [0, 0.1) is 0 Å². The third-order valence-electron chi connectivity index (χ3n) is 5.24. The summed E-state index contributed by atoms with van der Waals surface area (Å²) in [6.07, 6.45) is -1.93. The van der Waals surface area contributed by atoms with Gasteiger partial charge < -0.3 is 39.8 Å². The minimum absolute atomic E-state index is 0.297. The maximum atomic E-state index is 12.0. The fourth-order valence-corrected chi connectivity index (χ4v) is 6.81. The van der Waals surface area contributed by atoms with Gasteiger partial charge in [0.2, 0.25) is 0 Å². The van der Waals surface area contributed by atoms with Crippen molar-refractivity contribution in [2.45, 2.75) is 43.8 Å². The summed E-state index contributed by atoms with van der Waals surface area (Å²) >= 11 is 0. The fourth-order valence-electron chi connectivity index (χ4n) is 3.79. The highest BCUT2D eigenvalue weighted by Crippen LogP contribution is 2.66. The molecule has 4 rings (SSSR count). The number of aryl methyl sites for hydroxylation is 1. The highest BCUT2D eigenvalue weighted by atomic mass is 31.3. The van der Waals surface area contributed by atoms with Gasteiger partial charge in [0.25, 0.3) is 0 Å². The molecular weight excluding hydrogens is 539 g/mol. The molecule has 0 aromatic carbocycles. The molecule has 0 radical (unpaired) electrons. The van der Waals surface area contributed by atoms with Crippen LogP contribution in [0.15, 0.2) is 6.33 Å². The number of hydrogen-bond donors (Lipinski definition) is 7. The van der Waals surface area contributed by atoms with E-state index < -0.39 is 54.1 Å². The van der Waals surface area contributed by atoms with Crippen molar-refractivity contribution in [2.24, 2.45) is 0 Å². The second kappa shape index (κ2) is 9.19. The highest BCUT2D eigenvalue weighted by molar-refractivity contribution is 7.66. The maximum Gasteiger partial charge on any atom is 0.490 e. The molecule has 7 N–H and O–H groups in total. The lowest BCUT2D eigenvalue weighted by atomic mass is 9.97. The zero-order valence-electron chi connectivity index (χ0n) is 17.8. The minimum atomic E-state index is -5.72.